The predicted molar refractivity (Wildman–Crippen MR) is 87.8 cm³/mol. The zero-order chi connectivity index (χ0) is 17.6. The Morgan fingerprint density at radius 2 is 1.92 bits per heavy atom. The van der Waals surface area contributed by atoms with Gasteiger partial charge in [-0.3, -0.25) is 14.4 Å². The van der Waals surface area contributed by atoms with Gasteiger partial charge in [0.1, 0.15) is 5.41 Å². The number of piperidine rings is 1. The number of carboxylic acid groups (broad SMARTS) is 1. The summed E-state index contributed by atoms with van der Waals surface area (Å²) in [6.45, 7) is 0.737. The SMILES string of the molecule is COCC1(C(=O)O)CCCN(C(=O)CCC(=O)c2ccccc2)C1. The zero-order valence-corrected chi connectivity index (χ0v) is 13.9. The minimum atomic E-state index is -1.05. The molecule has 24 heavy (non-hydrogen) atoms. The number of Topliss-reactive ketones (excluding diaryl/α,β-unsaturated/α-hetero) is 1. The van der Waals surface area contributed by atoms with Crippen molar-refractivity contribution in [2.45, 2.75) is 25.7 Å². The Balaban J connectivity index is 1.94. The minimum absolute atomic E-state index is 0.0784. The van der Waals surface area contributed by atoms with Gasteiger partial charge in [-0.2, -0.15) is 0 Å². The third-order valence-electron chi connectivity index (χ3n) is 4.47. The van der Waals surface area contributed by atoms with Gasteiger partial charge in [0.2, 0.25) is 5.91 Å². The first-order valence-corrected chi connectivity index (χ1v) is 8.07. The van der Waals surface area contributed by atoms with E-state index in [4.69, 9.17) is 4.74 Å². The second-order valence-electron chi connectivity index (χ2n) is 6.23. The largest absolute Gasteiger partial charge is 0.481 e. The molecule has 1 fully saturated rings. The van der Waals surface area contributed by atoms with Crippen molar-refractivity contribution < 1.29 is 24.2 Å². The van der Waals surface area contributed by atoms with Gasteiger partial charge in [-0.15, -0.1) is 0 Å². The van der Waals surface area contributed by atoms with E-state index in [1.165, 1.54) is 7.11 Å². The molecular formula is C18H23NO5. The van der Waals surface area contributed by atoms with Gasteiger partial charge in [-0.25, -0.2) is 0 Å². The van der Waals surface area contributed by atoms with E-state index in [-0.39, 0.29) is 37.7 Å². The number of amides is 1. The van der Waals surface area contributed by atoms with Crippen molar-refractivity contribution in [1.82, 2.24) is 4.90 Å². The number of rotatable bonds is 7. The first-order valence-electron chi connectivity index (χ1n) is 8.07. The maximum atomic E-state index is 12.4. The first-order chi connectivity index (χ1) is 11.5. The second kappa shape index (κ2) is 8.06. The number of carbonyl (C=O) groups is 3. The Bertz CT molecular complexity index is 597. The molecule has 1 aromatic rings. The van der Waals surface area contributed by atoms with Crippen LogP contribution in [0.25, 0.3) is 0 Å². The molecule has 2 rings (SSSR count). The van der Waals surface area contributed by atoms with E-state index in [2.05, 4.69) is 0 Å². The highest BCUT2D eigenvalue weighted by molar-refractivity contribution is 5.97. The smallest absolute Gasteiger partial charge is 0.313 e. The lowest BCUT2D eigenvalue weighted by Crippen LogP contribution is -2.52. The third kappa shape index (κ3) is 4.20. The van der Waals surface area contributed by atoms with Crippen LogP contribution in [0, 0.1) is 5.41 Å². The maximum Gasteiger partial charge on any atom is 0.313 e. The second-order valence-corrected chi connectivity index (χ2v) is 6.23. The van der Waals surface area contributed by atoms with Crippen LogP contribution in [0.15, 0.2) is 30.3 Å². The van der Waals surface area contributed by atoms with Crippen LogP contribution in [0.2, 0.25) is 0 Å². The number of hydrogen-bond donors (Lipinski definition) is 1. The molecule has 1 atom stereocenters. The standard InChI is InChI=1S/C18H23NO5/c1-24-13-18(17(22)23)10-5-11-19(12-18)16(21)9-8-15(20)14-6-3-2-4-7-14/h2-4,6-7H,5,8-13H2,1H3,(H,22,23). The number of ether oxygens (including phenoxy) is 1. The Morgan fingerprint density at radius 1 is 1.21 bits per heavy atom. The van der Waals surface area contributed by atoms with Crippen LogP contribution in [0.4, 0.5) is 0 Å². The van der Waals surface area contributed by atoms with Gasteiger partial charge < -0.3 is 14.7 Å². The van der Waals surface area contributed by atoms with Crippen molar-refractivity contribution in [3.8, 4) is 0 Å². The van der Waals surface area contributed by atoms with Gasteiger partial charge in [0.15, 0.2) is 5.78 Å². The van der Waals surface area contributed by atoms with E-state index in [1.807, 2.05) is 6.07 Å². The van der Waals surface area contributed by atoms with Crippen LogP contribution < -0.4 is 0 Å². The van der Waals surface area contributed by atoms with Crippen molar-refractivity contribution >= 4 is 17.7 Å². The van der Waals surface area contributed by atoms with Gasteiger partial charge in [0.25, 0.3) is 0 Å². The Labute approximate surface area is 141 Å². The van der Waals surface area contributed by atoms with Gasteiger partial charge in [0.05, 0.1) is 6.61 Å². The lowest BCUT2D eigenvalue weighted by molar-refractivity contribution is -0.159. The Morgan fingerprint density at radius 3 is 2.54 bits per heavy atom. The van der Waals surface area contributed by atoms with Crippen molar-refractivity contribution in [2.24, 2.45) is 5.41 Å². The number of ketones is 1. The highest BCUT2D eigenvalue weighted by atomic mass is 16.5. The fraction of sp³-hybridized carbons (Fsp3) is 0.500. The van der Waals surface area contributed by atoms with Gasteiger partial charge in [-0.1, -0.05) is 30.3 Å². The molecule has 1 saturated heterocycles. The van der Waals surface area contributed by atoms with Crippen molar-refractivity contribution in [3.63, 3.8) is 0 Å². The summed E-state index contributed by atoms with van der Waals surface area (Å²) < 4.78 is 5.06. The number of hydrogen-bond acceptors (Lipinski definition) is 4. The van der Waals surface area contributed by atoms with Crippen LogP contribution in [0.3, 0.4) is 0 Å². The molecule has 0 aromatic heterocycles. The Kier molecular flexibility index (Phi) is 6.09. The molecule has 1 aromatic carbocycles. The number of carboxylic acids is 1. The molecule has 1 aliphatic rings. The van der Waals surface area contributed by atoms with Gasteiger partial charge >= 0.3 is 5.97 Å². The number of nitrogens with zero attached hydrogens (tertiary/aromatic N) is 1. The summed E-state index contributed by atoms with van der Waals surface area (Å²) in [5.41, 5.74) is -0.463. The molecule has 0 saturated carbocycles. The quantitative estimate of drug-likeness (QED) is 0.772. The molecule has 1 amide bonds. The summed E-state index contributed by atoms with van der Waals surface area (Å²) in [5.74, 6) is -1.20. The molecule has 130 valence electrons. The van der Waals surface area contributed by atoms with E-state index in [0.717, 1.165) is 0 Å². The summed E-state index contributed by atoms with van der Waals surface area (Å²) in [6.07, 6.45) is 1.33. The molecule has 0 aliphatic carbocycles. The van der Waals surface area contributed by atoms with E-state index in [1.54, 1.807) is 29.2 Å². The molecular weight excluding hydrogens is 310 g/mol. The summed E-state index contributed by atoms with van der Waals surface area (Å²) in [4.78, 5) is 37.6. The van der Waals surface area contributed by atoms with Crippen LogP contribution in [0.5, 0.6) is 0 Å². The lowest BCUT2D eigenvalue weighted by Gasteiger charge is -2.39. The molecule has 6 heteroatoms. The average Bonchev–Trinajstić information content (AvgIpc) is 2.60. The molecule has 6 nitrogen and oxygen atoms in total. The fourth-order valence-corrected chi connectivity index (χ4v) is 3.12. The number of methoxy groups -OCH3 is 1. The molecule has 0 spiro atoms. The van der Waals surface area contributed by atoms with Crippen LogP contribution in [-0.4, -0.2) is 54.5 Å². The summed E-state index contributed by atoms with van der Waals surface area (Å²) in [5, 5.41) is 9.51. The average molecular weight is 333 g/mol. The molecule has 1 heterocycles. The van der Waals surface area contributed by atoms with Crippen molar-refractivity contribution in [1.29, 1.82) is 0 Å². The predicted octanol–water partition coefficient (Wildman–Crippen LogP) is 1.99. The van der Waals surface area contributed by atoms with E-state index in [9.17, 15) is 19.5 Å². The zero-order valence-electron chi connectivity index (χ0n) is 13.9. The normalized spacial score (nSPS) is 20.6. The molecule has 0 bridgehead atoms. The highest BCUT2D eigenvalue weighted by Crippen LogP contribution is 2.31. The summed E-state index contributed by atoms with van der Waals surface area (Å²) in [6, 6.07) is 8.84. The number of carbonyl (C=O) groups excluding carboxylic acids is 2. The van der Waals surface area contributed by atoms with Gasteiger partial charge in [-0.05, 0) is 12.8 Å². The third-order valence-corrected chi connectivity index (χ3v) is 4.47. The Hall–Kier alpha value is -2.21. The fourth-order valence-electron chi connectivity index (χ4n) is 3.12. The molecule has 0 radical (unpaired) electrons. The molecule has 1 unspecified atom stereocenters. The van der Waals surface area contributed by atoms with Crippen LogP contribution in [-0.2, 0) is 14.3 Å². The van der Waals surface area contributed by atoms with Gasteiger partial charge in [0, 0.05) is 38.6 Å². The minimum Gasteiger partial charge on any atom is -0.481 e. The van der Waals surface area contributed by atoms with E-state index < -0.39 is 11.4 Å². The maximum absolute atomic E-state index is 12.4. The summed E-state index contributed by atoms with van der Waals surface area (Å²) >= 11 is 0. The first kappa shape index (κ1) is 18.1. The molecule has 1 aliphatic heterocycles. The number of benzene rings is 1. The molecule has 1 N–H and O–H groups in total. The van der Waals surface area contributed by atoms with Crippen LogP contribution in [0.1, 0.15) is 36.0 Å². The van der Waals surface area contributed by atoms with Crippen molar-refractivity contribution in [3.05, 3.63) is 35.9 Å². The van der Waals surface area contributed by atoms with E-state index in [0.29, 0.717) is 24.9 Å². The lowest BCUT2D eigenvalue weighted by atomic mass is 9.80. The summed E-state index contributed by atoms with van der Waals surface area (Å²) in [7, 11) is 1.46. The number of likely N-dealkylation sites (tertiary alicyclic amines) is 1. The highest BCUT2D eigenvalue weighted by Gasteiger charge is 2.43. The van der Waals surface area contributed by atoms with E-state index >= 15 is 0 Å². The monoisotopic (exact) mass is 333 g/mol. The number of aliphatic carboxylic acids is 1. The topological polar surface area (TPSA) is 83.9 Å². The van der Waals surface area contributed by atoms with Crippen molar-refractivity contribution in [2.75, 3.05) is 26.8 Å². The van der Waals surface area contributed by atoms with Crippen LogP contribution >= 0.6 is 0 Å².